The van der Waals surface area contributed by atoms with Crippen LogP contribution in [0.3, 0.4) is 0 Å². The summed E-state index contributed by atoms with van der Waals surface area (Å²) in [6.45, 7) is 11.0. The van der Waals surface area contributed by atoms with Crippen LogP contribution in [0.5, 0.6) is 5.75 Å². The number of ether oxygens (including phenoxy) is 1. The minimum atomic E-state index is -1.20. The minimum Gasteiger partial charge on any atom is -0.488 e. The summed E-state index contributed by atoms with van der Waals surface area (Å²) < 4.78 is 19.8. The summed E-state index contributed by atoms with van der Waals surface area (Å²) >= 11 is 0. The molecule has 0 spiro atoms. The van der Waals surface area contributed by atoms with Gasteiger partial charge >= 0.3 is 5.97 Å². The fourth-order valence-electron chi connectivity index (χ4n) is 3.28. The SMILES string of the molecule is C=C/C=C(\C(=C)F)c1cc2c(cc1C(=O)O)-c1ccc(C(=O)N(C)C)cc1CO2.CC. The molecule has 1 N–H and O–H groups in total. The molecular formula is C25H26FNO4. The molecule has 2 aromatic rings. The lowest BCUT2D eigenvalue weighted by Gasteiger charge is -2.24. The Hall–Kier alpha value is -3.67. The van der Waals surface area contributed by atoms with E-state index >= 15 is 0 Å². The maximum Gasteiger partial charge on any atom is 0.336 e. The molecule has 0 radical (unpaired) electrons. The molecule has 1 aliphatic heterocycles. The van der Waals surface area contributed by atoms with E-state index in [1.54, 1.807) is 32.3 Å². The molecule has 0 atom stereocenters. The van der Waals surface area contributed by atoms with Gasteiger partial charge in [-0.3, -0.25) is 4.79 Å². The highest BCUT2D eigenvalue weighted by atomic mass is 19.1. The highest BCUT2D eigenvalue weighted by molar-refractivity contribution is 6.00. The number of aromatic carboxylic acids is 1. The van der Waals surface area contributed by atoms with Gasteiger partial charge in [-0.25, -0.2) is 9.18 Å². The molecule has 5 nitrogen and oxygen atoms in total. The lowest BCUT2D eigenvalue weighted by atomic mass is 9.89. The summed E-state index contributed by atoms with van der Waals surface area (Å²) in [4.78, 5) is 25.6. The quantitative estimate of drug-likeness (QED) is 0.624. The van der Waals surface area contributed by atoms with Crippen molar-refractivity contribution in [1.82, 2.24) is 4.90 Å². The van der Waals surface area contributed by atoms with Gasteiger partial charge in [0.25, 0.3) is 5.91 Å². The number of halogens is 1. The van der Waals surface area contributed by atoms with E-state index in [1.165, 1.54) is 29.2 Å². The standard InChI is InChI=1S/C23H20FNO4.C2H6/c1-5-6-16(13(2)24)18-11-21-19(10-20(18)23(27)28)17-8-7-14(22(26)25(3)4)9-15(17)12-29-21;1-2/h5-11H,1-2,12H2,3-4H3,(H,27,28);1-2H3/b16-6+;. The minimum absolute atomic E-state index is 0.0292. The molecule has 0 saturated heterocycles. The van der Waals surface area contributed by atoms with Crippen LogP contribution in [0.25, 0.3) is 16.7 Å². The maximum atomic E-state index is 14.0. The van der Waals surface area contributed by atoms with Crippen molar-refractivity contribution in [1.29, 1.82) is 0 Å². The van der Waals surface area contributed by atoms with Crippen molar-refractivity contribution in [2.45, 2.75) is 20.5 Å². The first-order valence-electron chi connectivity index (χ1n) is 9.81. The van der Waals surface area contributed by atoms with Crippen molar-refractivity contribution >= 4 is 17.4 Å². The van der Waals surface area contributed by atoms with Gasteiger partial charge in [0.2, 0.25) is 0 Å². The number of amides is 1. The molecule has 0 unspecified atom stereocenters. The van der Waals surface area contributed by atoms with Crippen LogP contribution in [0.15, 0.2) is 61.5 Å². The Labute approximate surface area is 181 Å². The number of hydrogen-bond acceptors (Lipinski definition) is 3. The molecule has 2 aromatic carbocycles. The fraction of sp³-hybridized carbons (Fsp3) is 0.200. The van der Waals surface area contributed by atoms with Crippen molar-refractivity contribution in [3.63, 3.8) is 0 Å². The second-order valence-corrected chi connectivity index (χ2v) is 6.78. The van der Waals surface area contributed by atoms with E-state index in [4.69, 9.17) is 4.74 Å². The first-order valence-corrected chi connectivity index (χ1v) is 9.81. The number of carbonyl (C=O) groups excluding carboxylic acids is 1. The van der Waals surface area contributed by atoms with Gasteiger partial charge in [0.05, 0.1) is 5.56 Å². The molecule has 3 rings (SSSR count). The summed E-state index contributed by atoms with van der Waals surface area (Å²) in [7, 11) is 3.34. The van der Waals surface area contributed by atoms with E-state index in [0.717, 1.165) is 11.1 Å². The number of hydrogen-bond donors (Lipinski definition) is 1. The number of nitrogens with zero attached hydrogens (tertiary/aromatic N) is 1. The van der Waals surface area contributed by atoms with Gasteiger partial charge in [0.1, 0.15) is 18.2 Å². The van der Waals surface area contributed by atoms with E-state index in [1.807, 2.05) is 13.8 Å². The Morgan fingerprint density at radius 2 is 1.81 bits per heavy atom. The van der Waals surface area contributed by atoms with Crippen molar-refractivity contribution < 1.29 is 23.8 Å². The number of allylic oxidation sites excluding steroid dienone is 4. The molecule has 1 amide bonds. The van der Waals surface area contributed by atoms with Crippen LogP contribution in [-0.2, 0) is 6.61 Å². The Bertz CT molecular complexity index is 1080. The molecule has 0 aliphatic carbocycles. The molecule has 0 saturated carbocycles. The number of carboxylic acid groups (broad SMARTS) is 1. The smallest absolute Gasteiger partial charge is 0.336 e. The third-order valence-corrected chi connectivity index (χ3v) is 4.65. The summed E-state index contributed by atoms with van der Waals surface area (Å²) in [5, 5.41) is 9.70. The number of carboxylic acids is 1. The van der Waals surface area contributed by atoms with Crippen LogP contribution in [0.2, 0.25) is 0 Å². The molecular weight excluding hydrogens is 397 g/mol. The summed E-state index contributed by atoms with van der Waals surface area (Å²) in [5.41, 5.74) is 2.73. The van der Waals surface area contributed by atoms with E-state index in [0.29, 0.717) is 16.9 Å². The van der Waals surface area contributed by atoms with Crippen LogP contribution in [0.4, 0.5) is 4.39 Å². The highest BCUT2D eigenvalue weighted by Crippen LogP contribution is 2.42. The lowest BCUT2D eigenvalue weighted by Crippen LogP contribution is -2.22. The zero-order chi connectivity index (χ0) is 23.3. The summed E-state index contributed by atoms with van der Waals surface area (Å²) in [6.07, 6.45) is 2.73. The third-order valence-electron chi connectivity index (χ3n) is 4.65. The Kier molecular flexibility index (Phi) is 7.53. The normalized spacial score (nSPS) is 11.7. The van der Waals surface area contributed by atoms with Gasteiger partial charge in [-0.15, -0.1) is 0 Å². The van der Waals surface area contributed by atoms with Crippen molar-refractivity contribution in [2.75, 3.05) is 14.1 Å². The van der Waals surface area contributed by atoms with Gasteiger partial charge < -0.3 is 14.7 Å². The summed E-state index contributed by atoms with van der Waals surface area (Å²) in [6, 6.07) is 8.16. The largest absolute Gasteiger partial charge is 0.488 e. The van der Waals surface area contributed by atoms with Crippen LogP contribution < -0.4 is 4.74 Å². The monoisotopic (exact) mass is 423 g/mol. The third kappa shape index (κ3) is 4.74. The van der Waals surface area contributed by atoms with Crippen LogP contribution in [0.1, 0.15) is 45.7 Å². The van der Waals surface area contributed by atoms with E-state index in [9.17, 15) is 19.1 Å². The Morgan fingerprint density at radius 3 is 2.35 bits per heavy atom. The zero-order valence-corrected chi connectivity index (χ0v) is 18.2. The second kappa shape index (κ2) is 9.89. The van der Waals surface area contributed by atoms with Crippen molar-refractivity contribution in [3.05, 3.63) is 83.7 Å². The number of fused-ring (bicyclic) bond motifs is 3. The number of benzene rings is 2. The second-order valence-electron chi connectivity index (χ2n) is 6.78. The predicted octanol–water partition coefficient (Wildman–Crippen LogP) is 5.72. The van der Waals surface area contributed by atoms with E-state index in [2.05, 4.69) is 13.2 Å². The molecule has 1 aliphatic rings. The average Bonchev–Trinajstić information content (AvgIpc) is 2.76. The number of rotatable bonds is 5. The van der Waals surface area contributed by atoms with Gasteiger partial charge in [-0.1, -0.05) is 45.2 Å². The lowest BCUT2D eigenvalue weighted by molar-refractivity contribution is 0.0696. The molecule has 0 bridgehead atoms. The van der Waals surface area contributed by atoms with Gasteiger partial charge in [-0.2, -0.15) is 0 Å². The molecule has 162 valence electrons. The van der Waals surface area contributed by atoms with E-state index < -0.39 is 11.8 Å². The fourth-order valence-corrected chi connectivity index (χ4v) is 3.28. The topological polar surface area (TPSA) is 66.8 Å². The van der Waals surface area contributed by atoms with Crippen molar-refractivity contribution in [3.8, 4) is 16.9 Å². The zero-order valence-electron chi connectivity index (χ0n) is 18.2. The number of carbonyl (C=O) groups is 2. The average molecular weight is 423 g/mol. The van der Waals surface area contributed by atoms with Crippen LogP contribution >= 0.6 is 0 Å². The Morgan fingerprint density at radius 1 is 1.13 bits per heavy atom. The molecule has 1 heterocycles. The molecule has 0 fully saturated rings. The predicted molar refractivity (Wildman–Crippen MR) is 121 cm³/mol. The molecule has 0 aromatic heterocycles. The summed E-state index contributed by atoms with van der Waals surface area (Å²) in [5.74, 6) is -1.68. The van der Waals surface area contributed by atoms with Crippen LogP contribution in [-0.4, -0.2) is 36.0 Å². The first-order chi connectivity index (χ1) is 14.7. The van der Waals surface area contributed by atoms with Gasteiger partial charge in [-0.05, 0) is 35.4 Å². The molecule has 6 heteroatoms. The van der Waals surface area contributed by atoms with Gasteiger partial charge in [0.15, 0.2) is 0 Å². The van der Waals surface area contributed by atoms with Crippen molar-refractivity contribution in [2.24, 2.45) is 0 Å². The van der Waals surface area contributed by atoms with E-state index in [-0.39, 0.29) is 29.2 Å². The maximum absolute atomic E-state index is 14.0. The van der Waals surface area contributed by atoms with Crippen LogP contribution in [0, 0.1) is 0 Å². The van der Waals surface area contributed by atoms with Gasteiger partial charge in [0, 0.05) is 36.4 Å². The highest BCUT2D eigenvalue weighted by Gasteiger charge is 2.25. The molecule has 31 heavy (non-hydrogen) atoms. The first kappa shape index (κ1) is 23.6. The Balaban J connectivity index is 0.00000166.